The van der Waals surface area contributed by atoms with E-state index in [1.807, 2.05) is 30.3 Å². The Labute approximate surface area is 144 Å². The highest BCUT2D eigenvalue weighted by molar-refractivity contribution is 5.81. The lowest BCUT2D eigenvalue weighted by molar-refractivity contribution is 1.15. The number of nitrogens with one attached hydrogen (secondary N) is 1. The molecule has 3 N–H and O–H groups in total. The Hall–Kier alpha value is -3.90. The highest BCUT2D eigenvalue weighted by atomic mass is 15.0. The molecular weight excluding hydrogens is 312 g/mol. The lowest BCUT2D eigenvalue weighted by Gasteiger charge is -2.05. The fraction of sp³-hybridized carbons (Fsp3) is 0.0526. The standard InChI is InChI=1S/C19H14N6/c1-2-7-13(8-5-6-11-20)16-12-22-18(21)17(23-16)19-24-14-9-3-4-10-15(14)25-19/h1,3-5,7-10,12H,6H2,(H2,21,22)(H,24,25)/b8-5-,13-7+. The smallest absolute Gasteiger partial charge is 0.161 e. The summed E-state index contributed by atoms with van der Waals surface area (Å²) in [6.45, 7) is 0. The Morgan fingerprint density at radius 3 is 2.92 bits per heavy atom. The van der Waals surface area contributed by atoms with Gasteiger partial charge in [0.25, 0.3) is 0 Å². The van der Waals surface area contributed by atoms with Gasteiger partial charge >= 0.3 is 0 Å². The second-order valence-electron chi connectivity index (χ2n) is 5.12. The summed E-state index contributed by atoms with van der Waals surface area (Å²) in [6, 6.07) is 9.69. The van der Waals surface area contributed by atoms with E-state index in [1.54, 1.807) is 24.4 Å². The minimum absolute atomic E-state index is 0.267. The van der Waals surface area contributed by atoms with Gasteiger partial charge in [0.1, 0.15) is 5.69 Å². The molecule has 2 aromatic heterocycles. The number of anilines is 1. The van der Waals surface area contributed by atoms with Crippen molar-refractivity contribution in [2.45, 2.75) is 6.42 Å². The molecule has 0 aliphatic heterocycles. The monoisotopic (exact) mass is 326 g/mol. The first-order chi connectivity index (χ1) is 12.2. The topological polar surface area (TPSA) is 104 Å². The number of aromatic amines is 1. The lowest BCUT2D eigenvalue weighted by atomic mass is 10.1. The van der Waals surface area contributed by atoms with Crippen molar-refractivity contribution in [2.24, 2.45) is 0 Å². The van der Waals surface area contributed by atoms with E-state index in [1.165, 1.54) is 0 Å². The van der Waals surface area contributed by atoms with Gasteiger partial charge in [-0.15, -0.1) is 6.42 Å². The number of benzene rings is 1. The second kappa shape index (κ2) is 7.12. The van der Waals surface area contributed by atoms with E-state index >= 15 is 0 Å². The molecule has 120 valence electrons. The zero-order chi connectivity index (χ0) is 17.6. The molecule has 25 heavy (non-hydrogen) atoms. The van der Waals surface area contributed by atoms with Gasteiger partial charge in [-0.05, 0) is 18.2 Å². The van der Waals surface area contributed by atoms with E-state index in [0.717, 1.165) is 11.0 Å². The van der Waals surface area contributed by atoms with Crippen molar-refractivity contribution in [3.05, 3.63) is 54.4 Å². The number of H-pyrrole nitrogens is 1. The number of allylic oxidation sites excluding steroid dienone is 4. The van der Waals surface area contributed by atoms with Crippen LogP contribution in [0.2, 0.25) is 0 Å². The quantitative estimate of drug-likeness (QED) is 0.566. The van der Waals surface area contributed by atoms with Crippen LogP contribution in [-0.4, -0.2) is 19.9 Å². The number of nitrogen functional groups attached to an aromatic ring is 1. The van der Waals surface area contributed by atoms with Crippen molar-refractivity contribution in [1.29, 1.82) is 5.26 Å². The SMILES string of the molecule is C#C/C=C(\C=C/CC#N)c1cnc(N)c(-c2nc3ccccc3[nH]2)n1. The zero-order valence-electron chi connectivity index (χ0n) is 13.3. The van der Waals surface area contributed by atoms with Crippen molar-refractivity contribution in [2.75, 3.05) is 5.73 Å². The highest BCUT2D eigenvalue weighted by Gasteiger charge is 2.13. The Balaban J connectivity index is 2.07. The molecule has 3 rings (SSSR count). The van der Waals surface area contributed by atoms with Crippen LogP contribution in [0.5, 0.6) is 0 Å². The van der Waals surface area contributed by atoms with Crippen LogP contribution < -0.4 is 5.73 Å². The van der Waals surface area contributed by atoms with Crippen LogP contribution in [-0.2, 0) is 0 Å². The average Bonchev–Trinajstić information content (AvgIpc) is 3.05. The number of terminal acetylenes is 1. The normalized spacial score (nSPS) is 11.5. The molecule has 0 saturated heterocycles. The molecule has 0 radical (unpaired) electrons. The molecule has 6 heteroatoms. The van der Waals surface area contributed by atoms with E-state index in [9.17, 15) is 0 Å². The van der Waals surface area contributed by atoms with Crippen LogP contribution in [0.1, 0.15) is 12.1 Å². The number of aromatic nitrogens is 4. The van der Waals surface area contributed by atoms with Gasteiger partial charge in [-0.2, -0.15) is 5.26 Å². The minimum Gasteiger partial charge on any atom is -0.382 e. The van der Waals surface area contributed by atoms with Crippen molar-refractivity contribution in [3.63, 3.8) is 0 Å². The van der Waals surface area contributed by atoms with Gasteiger partial charge in [0.15, 0.2) is 11.6 Å². The first kappa shape index (κ1) is 16.0. The molecule has 0 bridgehead atoms. The van der Waals surface area contributed by atoms with Crippen molar-refractivity contribution in [1.82, 2.24) is 19.9 Å². The third kappa shape index (κ3) is 3.39. The van der Waals surface area contributed by atoms with Gasteiger partial charge < -0.3 is 10.7 Å². The summed E-state index contributed by atoms with van der Waals surface area (Å²) in [6.07, 6.45) is 12.2. The van der Waals surface area contributed by atoms with Crippen LogP contribution >= 0.6 is 0 Å². The highest BCUT2D eigenvalue weighted by Crippen LogP contribution is 2.24. The molecule has 0 fully saturated rings. The maximum atomic E-state index is 8.66. The number of nitrogens with zero attached hydrogens (tertiary/aromatic N) is 4. The number of rotatable bonds is 4. The van der Waals surface area contributed by atoms with Gasteiger partial charge in [-0.3, -0.25) is 0 Å². The third-order valence-electron chi connectivity index (χ3n) is 3.46. The van der Waals surface area contributed by atoms with E-state index < -0.39 is 0 Å². The Morgan fingerprint density at radius 2 is 2.16 bits per heavy atom. The molecule has 0 aliphatic carbocycles. The number of imidazole rings is 1. The molecule has 0 atom stereocenters. The van der Waals surface area contributed by atoms with Gasteiger partial charge in [0.05, 0.1) is 35.4 Å². The molecule has 2 heterocycles. The minimum atomic E-state index is 0.267. The van der Waals surface area contributed by atoms with Crippen LogP contribution in [0.4, 0.5) is 5.82 Å². The van der Waals surface area contributed by atoms with Gasteiger partial charge in [-0.25, -0.2) is 15.0 Å². The number of fused-ring (bicyclic) bond motifs is 1. The molecule has 0 aliphatic rings. The maximum absolute atomic E-state index is 8.66. The lowest BCUT2D eigenvalue weighted by Crippen LogP contribution is -2.01. The molecule has 6 nitrogen and oxygen atoms in total. The molecule has 3 aromatic rings. The summed E-state index contributed by atoms with van der Waals surface area (Å²) in [7, 11) is 0. The summed E-state index contributed by atoms with van der Waals surface area (Å²) in [4.78, 5) is 16.5. The van der Waals surface area contributed by atoms with Crippen LogP contribution in [0.15, 0.2) is 48.7 Å². The Kier molecular flexibility index (Phi) is 4.55. The summed E-state index contributed by atoms with van der Waals surface area (Å²) >= 11 is 0. The van der Waals surface area contributed by atoms with Gasteiger partial charge in [-0.1, -0.05) is 30.2 Å². The summed E-state index contributed by atoms with van der Waals surface area (Å²) in [5, 5.41) is 8.66. The van der Waals surface area contributed by atoms with Crippen molar-refractivity contribution >= 4 is 22.4 Å². The number of para-hydroxylation sites is 2. The number of hydrogen-bond donors (Lipinski definition) is 2. The molecular formula is C19H14N6. The maximum Gasteiger partial charge on any atom is 0.161 e. The van der Waals surface area contributed by atoms with E-state index in [2.05, 4.69) is 25.9 Å². The summed E-state index contributed by atoms with van der Waals surface area (Å²) in [5.41, 5.74) is 9.36. The molecule has 0 unspecified atom stereocenters. The molecule has 0 saturated carbocycles. The Morgan fingerprint density at radius 1 is 1.32 bits per heavy atom. The van der Waals surface area contributed by atoms with E-state index in [0.29, 0.717) is 22.8 Å². The fourth-order valence-electron chi connectivity index (χ4n) is 2.31. The second-order valence-corrected chi connectivity index (χ2v) is 5.12. The summed E-state index contributed by atoms with van der Waals surface area (Å²) < 4.78 is 0. The third-order valence-corrected chi connectivity index (χ3v) is 3.46. The Bertz CT molecular complexity index is 1030. The van der Waals surface area contributed by atoms with Crippen LogP contribution in [0, 0.1) is 23.7 Å². The van der Waals surface area contributed by atoms with E-state index in [4.69, 9.17) is 17.4 Å². The van der Waals surface area contributed by atoms with Crippen molar-refractivity contribution in [3.8, 4) is 29.9 Å². The largest absolute Gasteiger partial charge is 0.382 e. The first-order valence-electron chi connectivity index (χ1n) is 7.50. The predicted octanol–water partition coefficient (Wildman–Crippen LogP) is 3.09. The summed E-state index contributed by atoms with van der Waals surface area (Å²) in [5.74, 6) is 3.27. The number of nitrogens with two attached hydrogens (primary N) is 1. The van der Waals surface area contributed by atoms with Crippen LogP contribution in [0.3, 0.4) is 0 Å². The molecule has 0 amide bonds. The number of hydrogen-bond acceptors (Lipinski definition) is 5. The molecule has 1 aromatic carbocycles. The fourth-order valence-corrected chi connectivity index (χ4v) is 2.31. The van der Waals surface area contributed by atoms with E-state index in [-0.39, 0.29) is 12.2 Å². The predicted molar refractivity (Wildman–Crippen MR) is 97.7 cm³/mol. The van der Waals surface area contributed by atoms with Crippen molar-refractivity contribution < 1.29 is 0 Å². The van der Waals surface area contributed by atoms with Crippen LogP contribution in [0.25, 0.3) is 28.1 Å². The van der Waals surface area contributed by atoms with Gasteiger partial charge in [0.2, 0.25) is 0 Å². The average molecular weight is 326 g/mol. The number of nitriles is 1. The van der Waals surface area contributed by atoms with Gasteiger partial charge in [0, 0.05) is 5.57 Å². The zero-order valence-corrected chi connectivity index (χ0v) is 13.3. The molecule has 0 spiro atoms. The first-order valence-corrected chi connectivity index (χ1v) is 7.50.